The Labute approximate surface area is 263 Å². The molecular weight excluding hydrogens is 607 g/mol. The summed E-state index contributed by atoms with van der Waals surface area (Å²) < 4.78 is 57.2. The normalized spacial score (nSPS) is 16.9. The topological polar surface area (TPSA) is 135 Å². The average Bonchev–Trinajstić information content (AvgIpc) is 3.23. The molecule has 0 bridgehead atoms. The van der Waals surface area contributed by atoms with Crippen LogP contribution in [0.4, 0.5) is 24.7 Å². The fourth-order valence-electron chi connectivity index (χ4n) is 5.44. The minimum absolute atomic E-state index is 0.0159. The van der Waals surface area contributed by atoms with Crippen molar-refractivity contribution in [3.63, 3.8) is 0 Å². The largest absolute Gasteiger partial charge is 0.497 e. The molecular formula is C31H34F3N7O5. The molecule has 1 saturated heterocycles. The Balaban J connectivity index is 1.09. The number of rotatable bonds is 10. The van der Waals surface area contributed by atoms with E-state index in [0.717, 1.165) is 17.8 Å². The molecule has 2 aromatic heterocycles. The maximum absolute atomic E-state index is 13.2. The van der Waals surface area contributed by atoms with Crippen LogP contribution < -0.4 is 20.5 Å². The van der Waals surface area contributed by atoms with Crippen molar-refractivity contribution in [3.8, 4) is 11.8 Å². The molecule has 4 heterocycles. The van der Waals surface area contributed by atoms with E-state index in [9.17, 15) is 28.0 Å². The molecule has 15 heteroatoms. The number of nitriles is 1. The van der Waals surface area contributed by atoms with Crippen LogP contribution in [-0.2, 0) is 33.6 Å². The van der Waals surface area contributed by atoms with Crippen molar-refractivity contribution < 1.29 is 32.2 Å². The smallest absolute Gasteiger partial charge is 0.417 e. The number of piperazine rings is 1. The molecule has 1 N–H and O–H groups in total. The second kappa shape index (κ2) is 14.2. The molecule has 244 valence electrons. The van der Waals surface area contributed by atoms with Crippen molar-refractivity contribution in [2.45, 2.75) is 44.8 Å². The molecule has 2 aliphatic heterocycles. The number of amides is 1. The molecule has 3 aromatic rings. The van der Waals surface area contributed by atoms with Gasteiger partial charge in [-0.3, -0.25) is 9.59 Å². The van der Waals surface area contributed by atoms with Gasteiger partial charge in [-0.25, -0.2) is 9.67 Å². The van der Waals surface area contributed by atoms with Crippen LogP contribution in [0.25, 0.3) is 0 Å². The van der Waals surface area contributed by atoms with Crippen LogP contribution in [0.2, 0.25) is 0 Å². The Hall–Kier alpha value is -4.68. The number of anilines is 2. The number of fused-ring (bicyclic) bond motifs is 3. The maximum atomic E-state index is 13.2. The van der Waals surface area contributed by atoms with Crippen molar-refractivity contribution in [1.82, 2.24) is 19.7 Å². The summed E-state index contributed by atoms with van der Waals surface area (Å²) in [5.41, 5.74) is 0.0884. The molecule has 1 aromatic carbocycles. The highest BCUT2D eigenvalue weighted by molar-refractivity contribution is 5.76. The van der Waals surface area contributed by atoms with Gasteiger partial charge < -0.3 is 29.3 Å². The van der Waals surface area contributed by atoms with Gasteiger partial charge in [-0.1, -0.05) is 12.1 Å². The highest BCUT2D eigenvalue weighted by atomic mass is 19.4. The molecule has 0 unspecified atom stereocenters. The van der Waals surface area contributed by atoms with Gasteiger partial charge in [0.05, 0.1) is 70.0 Å². The summed E-state index contributed by atoms with van der Waals surface area (Å²) in [6.07, 6.45) is -2.09. The van der Waals surface area contributed by atoms with Crippen molar-refractivity contribution in [2.75, 3.05) is 56.8 Å². The van der Waals surface area contributed by atoms with Gasteiger partial charge in [0.1, 0.15) is 23.2 Å². The number of carbonyl (C=O) groups excluding carboxylic acids is 1. The van der Waals surface area contributed by atoms with Crippen LogP contribution in [0, 0.1) is 11.3 Å². The van der Waals surface area contributed by atoms with E-state index in [0.29, 0.717) is 42.5 Å². The molecule has 0 radical (unpaired) electrons. The SMILES string of the molecule is COc1ccc(Cn2ncc(N[C@@H](C)COCCC(=O)N3CCN4c5ncc(C(F)(F)F)cc5COC[C@H]4C3)c(C#N)c2=O)cc1. The molecule has 46 heavy (non-hydrogen) atoms. The number of hydrogen-bond acceptors (Lipinski definition) is 10. The second-order valence-electron chi connectivity index (χ2n) is 11.1. The van der Waals surface area contributed by atoms with Crippen molar-refractivity contribution in [2.24, 2.45) is 0 Å². The molecule has 1 amide bonds. The lowest BCUT2D eigenvalue weighted by Crippen LogP contribution is -2.56. The first-order valence-electron chi connectivity index (χ1n) is 14.7. The van der Waals surface area contributed by atoms with E-state index in [1.54, 1.807) is 24.1 Å². The summed E-state index contributed by atoms with van der Waals surface area (Å²) in [7, 11) is 1.57. The van der Waals surface area contributed by atoms with Gasteiger partial charge in [-0.15, -0.1) is 0 Å². The lowest BCUT2D eigenvalue weighted by molar-refractivity contribution is -0.138. The van der Waals surface area contributed by atoms with Crippen LogP contribution in [0.3, 0.4) is 0 Å². The Morgan fingerprint density at radius 2 is 2.02 bits per heavy atom. The monoisotopic (exact) mass is 641 g/mol. The fraction of sp³-hybridized carbons (Fsp3) is 0.452. The van der Waals surface area contributed by atoms with Crippen molar-refractivity contribution in [3.05, 3.63) is 75.3 Å². The third-order valence-electron chi connectivity index (χ3n) is 7.82. The van der Waals surface area contributed by atoms with Gasteiger partial charge in [-0.2, -0.15) is 23.5 Å². The number of nitrogens with zero attached hydrogens (tertiary/aromatic N) is 6. The Bertz CT molecular complexity index is 1640. The number of pyridine rings is 1. The minimum Gasteiger partial charge on any atom is -0.497 e. The van der Waals surface area contributed by atoms with E-state index in [2.05, 4.69) is 15.4 Å². The highest BCUT2D eigenvalue weighted by Crippen LogP contribution is 2.34. The summed E-state index contributed by atoms with van der Waals surface area (Å²) in [6.45, 7) is 3.82. The van der Waals surface area contributed by atoms with Gasteiger partial charge in [0, 0.05) is 37.4 Å². The number of nitrogens with one attached hydrogen (secondary N) is 1. The number of alkyl halides is 3. The first-order valence-corrected chi connectivity index (χ1v) is 14.7. The predicted molar refractivity (Wildman–Crippen MR) is 160 cm³/mol. The molecule has 2 atom stereocenters. The predicted octanol–water partition coefficient (Wildman–Crippen LogP) is 3.04. The third kappa shape index (κ3) is 7.57. The molecule has 0 spiro atoms. The number of carbonyl (C=O) groups is 1. The number of hydrogen-bond donors (Lipinski definition) is 1. The van der Waals surface area contributed by atoms with Crippen LogP contribution in [0.15, 0.2) is 47.5 Å². The van der Waals surface area contributed by atoms with Crippen LogP contribution in [-0.4, -0.2) is 84.2 Å². The zero-order valence-electron chi connectivity index (χ0n) is 25.4. The molecule has 0 aliphatic carbocycles. The summed E-state index contributed by atoms with van der Waals surface area (Å²) >= 11 is 0. The van der Waals surface area contributed by atoms with Crippen LogP contribution in [0.5, 0.6) is 5.75 Å². The van der Waals surface area contributed by atoms with Gasteiger partial charge in [-0.05, 0) is 30.7 Å². The van der Waals surface area contributed by atoms with E-state index in [-0.39, 0.29) is 62.9 Å². The standard InChI is InChI=1S/C31H34F3N7O5/c1-20(38-27-14-37-41(30(43)26(27)12-35)15-21-3-5-25(44-2)6-4-21)17-45-10-7-28(42)39-8-9-40-24(16-39)19-46-18-22-11-23(31(32,33)34)13-36-29(22)40/h3-6,11,13-14,20,24,38H,7-10,15-19H2,1-2H3/t20-,24+/m0/s1. The molecule has 5 rings (SSSR count). The number of halogens is 3. The van der Waals surface area contributed by atoms with E-state index >= 15 is 0 Å². The molecule has 1 fully saturated rings. The molecule has 12 nitrogen and oxygen atoms in total. The Kier molecular flexibility index (Phi) is 10.1. The zero-order valence-corrected chi connectivity index (χ0v) is 25.4. The van der Waals surface area contributed by atoms with Crippen LogP contribution >= 0.6 is 0 Å². The maximum Gasteiger partial charge on any atom is 0.417 e. The Morgan fingerprint density at radius 3 is 2.74 bits per heavy atom. The van der Waals surface area contributed by atoms with Gasteiger partial charge >= 0.3 is 6.18 Å². The molecule has 0 saturated carbocycles. The summed E-state index contributed by atoms with van der Waals surface area (Å²) in [6, 6.07) is 9.70. The lowest BCUT2D eigenvalue weighted by atomic mass is 10.1. The second-order valence-corrected chi connectivity index (χ2v) is 11.1. The van der Waals surface area contributed by atoms with Gasteiger partial charge in [0.15, 0.2) is 0 Å². The van der Waals surface area contributed by atoms with Gasteiger partial charge in [0.25, 0.3) is 5.56 Å². The number of benzene rings is 1. The Morgan fingerprint density at radius 1 is 1.24 bits per heavy atom. The fourth-order valence-corrected chi connectivity index (χ4v) is 5.44. The van der Waals surface area contributed by atoms with E-state index in [1.165, 1.54) is 10.9 Å². The third-order valence-corrected chi connectivity index (χ3v) is 7.82. The van der Waals surface area contributed by atoms with E-state index in [4.69, 9.17) is 14.2 Å². The summed E-state index contributed by atoms with van der Waals surface area (Å²) in [5, 5.41) is 17.0. The number of ether oxygens (including phenoxy) is 3. The van der Waals surface area contributed by atoms with E-state index < -0.39 is 17.3 Å². The molecule has 2 aliphatic rings. The van der Waals surface area contributed by atoms with Crippen molar-refractivity contribution in [1.29, 1.82) is 5.26 Å². The lowest BCUT2D eigenvalue weighted by Gasteiger charge is -2.41. The zero-order chi connectivity index (χ0) is 32.8. The highest BCUT2D eigenvalue weighted by Gasteiger charge is 2.36. The van der Waals surface area contributed by atoms with Gasteiger partial charge in [0.2, 0.25) is 5.91 Å². The minimum atomic E-state index is -4.49. The summed E-state index contributed by atoms with van der Waals surface area (Å²) in [4.78, 5) is 33.6. The van der Waals surface area contributed by atoms with Crippen molar-refractivity contribution >= 4 is 17.4 Å². The first kappa shape index (κ1) is 32.7. The first-order chi connectivity index (χ1) is 22.1. The summed E-state index contributed by atoms with van der Waals surface area (Å²) in [5.74, 6) is 1.04. The van der Waals surface area contributed by atoms with Crippen LogP contribution in [0.1, 0.15) is 35.6 Å². The number of aromatic nitrogens is 3. The number of methoxy groups -OCH3 is 1. The van der Waals surface area contributed by atoms with E-state index in [1.807, 2.05) is 30.0 Å². The average molecular weight is 642 g/mol. The quantitative estimate of drug-likeness (QED) is 0.329.